The molecule has 156 valence electrons. The first-order valence-electron chi connectivity index (χ1n) is 9.39. The Morgan fingerprint density at radius 1 is 1.06 bits per heavy atom. The SMILES string of the molecule is O=C(NCc1ccccn1)c1csc(-c2ccc(OCc3ccc(Cl)cc3)cc2Cl)n1. The molecule has 2 aromatic carbocycles. The molecule has 8 heteroatoms. The van der Waals surface area contributed by atoms with Gasteiger partial charge in [0.25, 0.3) is 5.91 Å². The van der Waals surface area contributed by atoms with E-state index in [1.807, 2.05) is 54.6 Å². The molecule has 0 aliphatic carbocycles. The van der Waals surface area contributed by atoms with E-state index in [0.29, 0.717) is 39.6 Å². The molecule has 31 heavy (non-hydrogen) atoms. The minimum Gasteiger partial charge on any atom is -0.489 e. The maximum Gasteiger partial charge on any atom is 0.271 e. The molecule has 0 aliphatic rings. The van der Waals surface area contributed by atoms with Gasteiger partial charge in [0.2, 0.25) is 0 Å². The first-order chi connectivity index (χ1) is 15.1. The van der Waals surface area contributed by atoms with Crippen molar-refractivity contribution in [1.82, 2.24) is 15.3 Å². The summed E-state index contributed by atoms with van der Waals surface area (Å²) in [5.41, 5.74) is 2.87. The summed E-state index contributed by atoms with van der Waals surface area (Å²) in [4.78, 5) is 21.0. The monoisotopic (exact) mass is 469 g/mol. The molecule has 0 bridgehead atoms. The minimum absolute atomic E-state index is 0.257. The maximum atomic E-state index is 12.4. The van der Waals surface area contributed by atoms with Crippen molar-refractivity contribution in [2.75, 3.05) is 0 Å². The summed E-state index contributed by atoms with van der Waals surface area (Å²) in [6.45, 7) is 0.748. The van der Waals surface area contributed by atoms with Crippen LogP contribution in [-0.4, -0.2) is 15.9 Å². The standard InChI is InChI=1S/C23H17Cl2N3O2S/c24-16-6-4-15(5-7-16)13-30-18-8-9-19(20(25)11-18)23-28-21(14-31-23)22(29)27-12-17-3-1-2-10-26-17/h1-11,14H,12-13H2,(H,27,29). The highest BCUT2D eigenvalue weighted by Gasteiger charge is 2.14. The van der Waals surface area contributed by atoms with E-state index in [1.165, 1.54) is 11.3 Å². The van der Waals surface area contributed by atoms with Crippen molar-refractivity contribution in [1.29, 1.82) is 0 Å². The van der Waals surface area contributed by atoms with Crippen LogP contribution < -0.4 is 10.1 Å². The lowest BCUT2D eigenvalue weighted by Gasteiger charge is -2.08. The van der Waals surface area contributed by atoms with Crippen LogP contribution in [0.2, 0.25) is 10.0 Å². The molecule has 0 spiro atoms. The number of rotatable bonds is 7. The van der Waals surface area contributed by atoms with Crippen molar-refractivity contribution in [2.24, 2.45) is 0 Å². The molecule has 0 atom stereocenters. The summed E-state index contributed by atoms with van der Waals surface area (Å²) >= 11 is 13.7. The van der Waals surface area contributed by atoms with Crippen LogP contribution in [0.4, 0.5) is 0 Å². The second kappa shape index (κ2) is 9.92. The average Bonchev–Trinajstić information content (AvgIpc) is 3.28. The van der Waals surface area contributed by atoms with Gasteiger partial charge in [0, 0.05) is 22.2 Å². The largest absolute Gasteiger partial charge is 0.489 e. The van der Waals surface area contributed by atoms with Gasteiger partial charge < -0.3 is 10.1 Å². The number of nitrogens with zero attached hydrogens (tertiary/aromatic N) is 2. The lowest BCUT2D eigenvalue weighted by Crippen LogP contribution is -2.23. The highest BCUT2D eigenvalue weighted by molar-refractivity contribution is 7.13. The molecule has 0 radical (unpaired) electrons. The number of carbonyl (C=O) groups excluding carboxylic acids is 1. The third kappa shape index (κ3) is 5.61. The lowest BCUT2D eigenvalue weighted by molar-refractivity contribution is 0.0946. The van der Waals surface area contributed by atoms with Crippen molar-refractivity contribution in [3.05, 3.63) is 99.2 Å². The maximum absolute atomic E-state index is 12.4. The van der Waals surface area contributed by atoms with Gasteiger partial charge in [-0.1, -0.05) is 41.4 Å². The fourth-order valence-corrected chi connectivity index (χ4v) is 4.05. The summed E-state index contributed by atoms with van der Waals surface area (Å²) in [6, 6.07) is 18.4. The number of aromatic nitrogens is 2. The summed E-state index contributed by atoms with van der Waals surface area (Å²) in [7, 11) is 0. The third-order valence-corrected chi connectivity index (χ3v) is 5.82. The number of hydrogen-bond acceptors (Lipinski definition) is 5. The van der Waals surface area contributed by atoms with E-state index in [4.69, 9.17) is 27.9 Å². The van der Waals surface area contributed by atoms with Gasteiger partial charge in [0.1, 0.15) is 23.1 Å². The number of amides is 1. The van der Waals surface area contributed by atoms with Gasteiger partial charge in [-0.25, -0.2) is 4.98 Å². The van der Waals surface area contributed by atoms with Gasteiger partial charge in [-0.15, -0.1) is 11.3 Å². The topological polar surface area (TPSA) is 64.1 Å². The minimum atomic E-state index is -0.257. The fourth-order valence-electron chi connectivity index (χ4n) is 2.77. The van der Waals surface area contributed by atoms with Crippen molar-refractivity contribution in [2.45, 2.75) is 13.2 Å². The molecule has 4 aromatic rings. The molecular formula is C23H17Cl2N3O2S. The highest BCUT2D eigenvalue weighted by atomic mass is 35.5. The number of nitrogens with one attached hydrogen (secondary N) is 1. The molecule has 0 unspecified atom stereocenters. The fraction of sp³-hybridized carbons (Fsp3) is 0.0870. The lowest BCUT2D eigenvalue weighted by atomic mass is 10.2. The Kier molecular flexibility index (Phi) is 6.82. The van der Waals surface area contributed by atoms with E-state index in [2.05, 4.69) is 15.3 Å². The van der Waals surface area contributed by atoms with Crippen molar-refractivity contribution in [3.63, 3.8) is 0 Å². The quantitative estimate of drug-likeness (QED) is 0.359. The molecule has 1 amide bonds. The van der Waals surface area contributed by atoms with Crippen LogP contribution in [0, 0.1) is 0 Å². The van der Waals surface area contributed by atoms with Crippen LogP contribution in [-0.2, 0) is 13.2 Å². The summed E-state index contributed by atoms with van der Waals surface area (Å²) in [6.07, 6.45) is 1.69. The van der Waals surface area contributed by atoms with Crippen LogP contribution in [0.25, 0.3) is 10.6 Å². The van der Waals surface area contributed by atoms with E-state index in [1.54, 1.807) is 17.6 Å². The number of hydrogen-bond donors (Lipinski definition) is 1. The zero-order valence-electron chi connectivity index (χ0n) is 16.2. The Balaban J connectivity index is 1.39. The summed E-state index contributed by atoms with van der Waals surface area (Å²) < 4.78 is 5.81. The Morgan fingerprint density at radius 2 is 1.90 bits per heavy atom. The molecule has 0 aliphatic heterocycles. The van der Waals surface area contributed by atoms with Crippen molar-refractivity contribution in [3.8, 4) is 16.3 Å². The van der Waals surface area contributed by atoms with Gasteiger partial charge in [-0.05, 0) is 48.0 Å². The predicted molar refractivity (Wildman–Crippen MR) is 124 cm³/mol. The van der Waals surface area contributed by atoms with E-state index in [-0.39, 0.29) is 5.91 Å². The van der Waals surface area contributed by atoms with Gasteiger partial charge >= 0.3 is 0 Å². The van der Waals surface area contributed by atoms with E-state index < -0.39 is 0 Å². The zero-order valence-corrected chi connectivity index (χ0v) is 18.5. The van der Waals surface area contributed by atoms with Gasteiger partial charge in [-0.2, -0.15) is 0 Å². The van der Waals surface area contributed by atoms with E-state index in [0.717, 1.165) is 16.8 Å². The van der Waals surface area contributed by atoms with Crippen molar-refractivity contribution < 1.29 is 9.53 Å². The average molecular weight is 470 g/mol. The smallest absolute Gasteiger partial charge is 0.271 e. The summed E-state index contributed by atoms with van der Waals surface area (Å²) in [5.74, 6) is 0.390. The highest BCUT2D eigenvalue weighted by Crippen LogP contribution is 2.33. The zero-order chi connectivity index (χ0) is 21.6. The molecule has 5 nitrogen and oxygen atoms in total. The molecule has 1 N–H and O–H groups in total. The molecule has 4 rings (SSSR count). The molecular weight excluding hydrogens is 453 g/mol. The predicted octanol–water partition coefficient (Wildman–Crippen LogP) is 6.02. The molecule has 0 fully saturated rings. The first-order valence-corrected chi connectivity index (χ1v) is 11.0. The van der Waals surface area contributed by atoms with Crippen LogP contribution in [0.3, 0.4) is 0 Å². The Labute approximate surface area is 193 Å². The molecule has 2 aromatic heterocycles. The Bertz CT molecular complexity index is 1180. The van der Waals surface area contributed by atoms with Crippen molar-refractivity contribution >= 4 is 40.4 Å². The van der Waals surface area contributed by atoms with E-state index >= 15 is 0 Å². The van der Waals surface area contributed by atoms with Crippen LogP contribution in [0.15, 0.2) is 72.2 Å². The van der Waals surface area contributed by atoms with Gasteiger partial charge in [0.05, 0.1) is 17.3 Å². The number of carbonyl (C=O) groups is 1. The van der Waals surface area contributed by atoms with Gasteiger partial charge in [-0.3, -0.25) is 9.78 Å². The van der Waals surface area contributed by atoms with Crippen LogP contribution in [0.5, 0.6) is 5.75 Å². The third-order valence-electron chi connectivity index (χ3n) is 4.38. The van der Waals surface area contributed by atoms with Crippen LogP contribution in [0.1, 0.15) is 21.7 Å². The molecule has 2 heterocycles. The second-order valence-electron chi connectivity index (χ2n) is 6.60. The Morgan fingerprint density at radius 3 is 2.65 bits per heavy atom. The first kappa shape index (κ1) is 21.3. The van der Waals surface area contributed by atoms with Crippen LogP contribution >= 0.6 is 34.5 Å². The molecule has 0 saturated heterocycles. The Hall–Kier alpha value is -2.93. The summed E-state index contributed by atoms with van der Waals surface area (Å²) in [5, 5.41) is 6.39. The molecule has 0 saturated carbocycles. The number of thiazole rings is 1. The van der Waals surface area contributed by atoms with Gasteiger partial charge in [0.15, 0.2) is 0 Å². The second-order valence-corrected chi connectivity index (χ2v) is 8.30. The normalized spacial score (nSPS) is 10.6. The number of pyridine rings is 1. The number of halogens is 2. The number of benzene rings is 2. The number of ether oxygens (including phenoxy) is 1. The van der Waals surface area contributed by atoms with E-state index in [9.17, 15) is 4.79 Å².